The van der Waals surface area contributed by atoms with Crippen LogP contribution >= 0.6 is 195 Å². The van der Waals surface area contributed by atoms with E-state index >= 15 is 0 Å². The normalized spacial score (nSPS) is 8.89. The molecule has 12 nitrogen and oxygen atoms in total. The minimum atomic E-state index is -3.29. The molecule has 0 rings (SSSR count). The predicted octanol–water partition coefficient (Wildman–Crippen LogP) is 10.1. The van der Waals surface area contributed by atoms with Crippen LogP contribution in [0.1, 0.15) is 0 Å². The summed E-state index contributed by atoms with van der Waals surface area (Å²) >= 11 is -21.4. The first-order valence-electron chi connectivity index (χ1n) is 3.09. The van der Waals surface area contributed by atoms with Gasteiger partial charge in [0, 0.05) is 53.5 Å². The summed E-state index contributed by atoms with van der Waals surface area (Å²) in [5, 5.41) is 0. The van der Waals surface area contributed by atoms with Crippen LogP contribution in [-0.4, -0.2) is 0 Å². The van der Waals surface area contributed by atoms with Crippen LogP contribution in [0, 0.1) is 0 Å². The number of hydrogen-bond acceptors (Lipinski definition) is 12. The summed E-state index contributed by atoms with van der Waals surface area (Å²) in [7, 11) is 40.7. The van der Waals surface area contributed by atoms with Crippen molar-refractivity contribution in [2.75, 3.05) is 0 Å². The summed E-state index contributed by atoms with van der Waals surface area (Å²) in [6.45, 7) is 0. The summed E-state index contributed by atoms with van der Waals surface area (Å²) in [5.74, 6) is 0. The SMILES string of the molecule is O=I(=O)Cl.O=I(=O)Cl.O=I(=O)Cl.O=I(=O)Cl.O=I(=O)Cl.O=I(=O)Cl.[Cl][Rh]([Cl])[Cl]. The predicted molar refractivity (Wildman–Crippen MR) is 145 cm³/mol. The Morgan fingerprint density at radius 1 is 0.321 bits per heavy atom. The Morgan fingerprint density at radius 2 is 0.321 bits per heavy atom. The zero-order valence-corrected chi connectivity index (χ0v) is 32.3. The standard InChI is InChI=1S/6ClIO2.3ClH.Rh/c6*1-2(3)4;;;;/h;;;;;;3*1H;/q;;;;;;;;;+3/p-3. The van der Waals surface area contributed by atoms with Gasteiger partial charge in [-0.15, -0.1) is 0 Å². The first kappa shape index (κ1) is 50.2. The van der Waals surface area contributed by atoms with Gasteiger partial charge >= 0.3 is 154 Å². The molecule has 0 spiro atoms. The average Bonchev–Trinajstić information content (AvgIpc) is 2.20. The molecule has 0 bridgehead atoms. The molecule has 28 heteroatoms. The van der Waals surface area contributed by atoms with Crippen LogP contribution in [0.25, 0.3) is 0 Å². The van der Waals surface area contributed by atoms with Gasteiger partial charge in [0.25, 0.3) is 0 Å². The van der Waals surface area contributed by atoms with Gasteiger partial charge in [-0.3, -0.25) is 0 Å². The molecule has 0 unspecified atom stereocenters. The number of halogens is 15. The van der Waals surface area contributed by atoms with Gasteiger partial charge in [-0.05, 0) is 0 Å². The van der Waals surface area contributed by atoms with Gasteiger partial charge in [-0.25, -0.2) is 36.8 Å². The van der Waals surface area contributed by atoms with Gasteiger partial charge in [0.15, 0.2) is 0 Å². The monoisotopic (exact) mass is 1370 g/mol. The van der Waals surface area contributed by atoms with Crippen molar-refractivity contribution in [3.8, 4) is 0 Å². The Balaban J connectivity index is -0.0000000367. The summed E-state index contributed by atoms with van der Waals surface area (Å²) in [6.07, 6.45) is 0. The molecule has 0 aliphatic rings. The van der Waals surface area contributed by atoms with Crippen molar-refractivity contribution in [3.05, 3.63) is 0 Å². The van der Waals surface area contributed by atoms with E-state index < -0.39 is 125 Å². The van der Waals surface area contributed by atoms with E-state index in [1.54, 1.807) is 0 Å². The molecule has 0 radical (unpaired) electrons. The van der Waals surface area contributed by atoms with Crippen molar-refractivity contribution in [3.63, 3.8) is 0 Å². The maximum absolute atomic E-state index is 8.89. The van der Waals surface area contributed by atoms with E-state index in [1.807, 2.05) is 0 Å². The quantitative estimate of drug-likeness (QED) is 0.164. The minimum absolute atomic E-state index is 1.66. The van der Waals surface area contributed by atoms with E-state index in [4.69, 9.17) is 65.9 Å². The van der Waals surface area contributed by atoms with Crippen molar-refractivity contribution < 1.29 is 49.8 Å². The second-order valence-corrected chi connectivity index (χ2v) is 24.2. The second kappa shape index (κ2) is 45.7. The van der Waals surface area contributed by atoms with Crippen LogP contribution in [0.4, 0.5) is 0 Å². The molecular weight excluding hydrogens is 1380 g/mol. The van der Waals surface area contributed by atoms with Gasteiger partial charge in [-0.1, -0.05) is 0 Å². The van der Waals surface area contributed by atoms with E-state index in [0.29, 0.717) is 0 Å². The first-order chi connectivity index (χ1) is 12.1. The number of hydrogen-bond donors (Lipinski definition) is 0. The first-order valence-corrected chi connectivity index (χ1v) is 36.4. The summed E-state index contributed by atoms with van der Waals surface area (Å²) in [6, 6.07) is 0. The zero-order valence-electron chi connectivity index (χ0n) is 10.9. The maximum atomic E-state index is 8.89. The van der Waals surface area contributed by atoms with Crippen LogP contribution in [0.3, 0.4) is 0 Å². The Bertz CT molecular complexity index is 533. The van der Waals surface area contributed by atoms with Crippen LogP contribution in [-0.2, 0) is 49.8 Å². The molecule has 0 aliphatic heterocycles. The molecule has 0 aromatic carbocycles. The molecule has 28 heavy (non-hydrogen) atoms. The van der Waals surface area contributed by atoms with Gasteiger partial charge in [-0.2, -0.15) is 0 Å². The number of rotatable bonds is 0. The van der Waals surface area contributed by atoms with Crippen molar-refractivity contribution in [1.82, 2.24) is 0 Å². The fourth-order valence-corrected chi connectivity index (χ4v) is 0. The fraction of sp³-hybridized carbons (Fsp3) is 0. The third-order valence-corrected chi connectivity index (χ3v) is 0. The van der Waals surface area contributed by atoms with E-state index in [9.17, 15) is 0 Å². The molecule has 0 aliphatic carbocycles. The molecular formula is Cl9I6O12Rh. The van der Waals surface area contributed by atoms with Crippen molar-refractivity contribution in [1.29, 1.82) is 0 Å². The molecule has 0 heterocycles. The molecule has 0 N–H and O–H groups in total. The summed E-state index contributed by atoms with van der Waals surface area (Å²) in [5.41, 5.74) is 0. The van der Waals surface area contributed by atoms with Crippen LogP contribution in [0.15, 0.2) is 0 Å². The second-order valence-electron chi connectivity index (χ2n) is 1.22. The molecule has 0 fully saturated rings. The third kappa shape index (κ3) is 1050. The van der Waals surface area contributed by atoms with Crippen molar-refractivity contribution >= 4 is 195 Å². The molecule has 0 saturated heterocycles. The van der Waals surface area contributed by atoms with Gasteiger partial charge in [0.05, 0.1) is 0 Å². The van der Waals surface area contributed by atoms with Crippen molar-refractivity contribution in [2.45, 2.75) is 0 Å². The molecule has 0 atom stereocenters. The Morgan fingerprint density at radius 3 is 0.321 bits per heavy atom. The van der Waals surface area contributed by atoms with Crippen LogP contribution in [0.5, 0.6) is 0 Å². The van der Waals surface area contributed by atoms with Crippen molar-refractivity contribution in [2.24, 2.45) is 0 Å². The summed E-state index contributed by atoms with van der Waals surface area (Å²) in [4.78, 5) is 0. The Hall–Kier alpha value is 5.21. The molecule has 0 saturated carbocycles. The van der Waals surface area contributed by atoms with E-state index in [0.717, 1.165) is 0 Å². The topological polar surface area (TPSA) is 205 Å². The van der Waals surface area contributed by atoms with Crippen LogP contribution < -0.4 is 0 Å². The molecule has 0 aromatic rings. The van der Waals surface area contributed by atoms with Crippen LogP contribution in [0.2, 0.25) is 0 Å². The molecule has 0 aromatic heterocycles. The van der Waals surface area contributed by atoms with Gasteiger partial charge in [0.1, 0.15) is 0 Å². The molecule has 186 valence electrons. The summed E-state index contributed by atoms with van der Waals surface area (Å²) < 4.78 is 107. The van der Waals surface area contributed by atoms with Gasteiger partial charge < -0.3 is 0 Å². The Labute approximate surface area is 238 Å². The average molecular weight is 1380 g/mol. The third-order valence-electron chi connectivity index (χ3n) is 0. The van der Waals surface area contributed by atoms with E-state index in [1.165, 1.54) is 0 Å². The Kier molecular flexibility index (Phi) is 81.8. The zero-order chi connectivity index (χ0) is 25.0. The van der Waals surface area contributed by atoms with E-state index in [2.05, 4.69) is 53.5 Å². The fourth-order valence-electron chi connectivity index (χ4n) is 0. The molecule has 0 amide bonds. The van der Waals surface area contributed by atoms with E-state index in [-0.39, 0.29) is 0 Å². The van der Waals surface area contributed by atoms with Gasteiger partial charge in [0.2, 0.25) is 0 Å².